The fraction of sp³-hybridized carbons (Fsp3) is 0.467. The van der Waals surface area contributed by atoms with Gasteiger partial charge in [0.1, 0.15) is 5.75 Å². The maximum Gasteiger partial charge on any atom is 0.226 e. The van der Waals surface area contributed by atoms with Gasteiger partial charge in [0.15, 0.2) is 0 Å². The maximum absolute atomic E-state index is 5.54. The van der Waals surface area contributed by atoms with Crippen molar-refractivity contribution in [2.45, 2.75) is 26.2 Å². The summed E-state index contributed by atoms with van der Waals surface area (Å²) in [7, 11) is 1.64. The molecule has 20 heavy (non-hydrogen) atoms. The second-order valence-corrected chi connectivity index (χ2v) is 4.96. The minimum atomic E-state index is 0.576. The van der Waals surface area contributed by atoms with Crippen LogP contribution in [-0.2, 0) is 6.42 Å². The lowest BCUT2D eigenvalue weighted by Gasteiger charge is -2.06. The van der Waals surface area contributed by atoms with Crippen molar-refractivity contribution >= 4 is 0 Å². The summed E-state index contributed by atoms with van der Waals surface area (Å²) in [5, 5.41) is 4.02. The molecule has 0 fully saturated rings. The summed E-state index contributed by atoms with van der Waals surface area (Å²) in [6.45, 7) is 2.91. The molecule has 5 nitrogen and oxygen atoms in total. The van der Waals surface area contributed by atoms with Gasteiger partial charge in [-0.25, -0.2) is 0 Å². The number of aryl methyl sites for hydroxylation is 1. The average Bonchev–Trinajstić information content (AvgIpc) is 2.94. The number of nitrogens with two attached hydrogens (primary N) is 1. The van der Waals surface area contributed by atoms with Crippen LogP contribution in [0.5, 0.6) is 5.75 Å². The monoisotopic (exact) mass is 275 g/mol. The van der Waals surface area contributed by atoms with E-state index in [1.54, 1.807) is 7.11 Å². The van der Waals surface area contributed by atoms with E-state index >= 15 is 0 Å². The Kier molecular flexibility index (Phi) is 5.12. The average molecular weight is 275 g/mol. The van der Waals surface area contributed by atoms with Crippen LogP contribution in [0.25, 0.3) is 11.4 Å². The van der Waals surface area contributed by atoms with E-state index in [1.165, 1.54) is 0 Å². The largest absolute Gasteiger partial charge is 0.497 e. The van der Waals surface area contributed by atoms with Crippen molar-refractivity contribution in [1.82, 2.24) is 10.1 Å². The Balaban J connectivity index is 2.01. The zero-order chi connectivity index (χ0) is 14.4. The fourth-order valence-corrected chi connectivity index (χ4v) is 2.03. The molecular weight excluding hydrogens is 254 g/mol. The second kappa shape index (κ2) is 7.05. The van der Waals surface area contributed by atoms with Gasteiger partial charge in [-0.2, -0.15) is 4.98 Å². The summed E-state index contributed by atoms with van der Waals surface area (Å²) in [5.41, 5.74) is 6.44. The number of methoxy groups -OCH3 is 1. The van der Waals surface area contributed by atoms with E-state index in [-0.39, 0.29) is 0 Å². The van der Waals surface area contributed by atoms with Crippen molar-refractivity contribution < 1.29 is 9.26 Å². The molecule has 108 valence electrons. The van der Waals surface area contributed by atoms with Gasteiger partial charge in [-0.3, -0.25) is 0 Å². The molecule has 0 radical (unpaired) electrons. The Morgan fingerprint density at radius 2 is 2.20 bits per heavy atom. The molecule has 1 atom stereocenters. The molecule has 0 amide bonds. The highest BCUT2D eigenvalue weighted by Crippen LogP contribution is 2.21. The summed E-state index contributed by atoms with van der Waals surface area (Å²) < 4.78 is 10.5. The Bertz CT molecular complexity index is 539. The highest BCUT2D eigenvalue weighted by molar-refractivity contribution is 5.56. The molecule has 0 saturated heterocycles. The molecule has 1 unspecified atom stereocenters. The molecule has 0 saturated carbocycles. The van der Waals surface area contributed by atoms with E-state index in [0.717, 1.165) is 37.1 Å². The van der Waals surface area contributed by atoms with Crippen LogP contribution in [0.15, 0.2) is 28.8 Å². The number of benzene rings is 1. The summed E-state index contributed by atoms with van der Waals surface area (Å²) in [4.78, 5) is 4.42. The SMILES string of the molecule is COc1cccc(-c2noc(CCC(C)CCN)n2)c1. The summed E-state index contributed by atoms with van der Waals surface area (Å²) in [5.74, 6) is 2.63. The summed E-state index contributed by atoms with van der Waals surface area (Å²) >= 11 is 0. The van der Waals surface area contributed by atoms with Crippen LogP contribution in [0.4, 0.5) is 0 Å². The minimum absolute atomic E-state index is 0.576. The van der Waals surface area contributed by atoms with E-state index in [1.807, 2.05) is 24.3 Å². The number of hydrogen-bond donors (Lipinski definition) is 1. The van der Waals surface area contributed by atoms with E-state index in [2.05, 4.69) is 17.1 Å². The highest BCUT2D eigenvalue weighted by Gasteiger charge is 2.10. The first kappa shape index (κ1) is 14.5. The van der Waals surface area contributed by atoms with Crippen LogP contribution >= 0.6 is 0 Å². The van der Waals surface area contributed by atoms with Gasteiger partial charge in [-0.1, -0.05) is 24.2 Å². The van der Waals surface area contributed by atoms with Crippen molar-refractivity contribution in [3.05, 3.63) is 30.2 Å². The number of hydrogen-bond acceptors (Lipinski definition) is 5. The second-order valence-electron chi connectivity index (χ2n) is 4.96. The van der Waals surface area contributed by atoms with Crippen molar-refractivity contribution in [2.75, 3.05) is 13.7 Å². The Hall–Kier alpha value is -1.88. The van der Waals surface area contributed by atoms with Gasteiger partial charge in [-0.15, -0.1) is 0 Å². The Labute approximate surface area is 119 Å². The number of aromatic nitrogens is 2. The predicted octanol–water partition coefficient (Wildman–Crippen LogP) is 2.66. The van der Waals surface area contributed by atoms with Crippen LogP contribution in [-0.4, -0.2) is 23.8 Å². The number of nitrogens with zero attached hydrogens (tertiary/aromatic N) is 2. The molecule has 0 spiro atoms. The first-order chi connectivity index (χ1) is 9.72. The van der Waals surface area contributed by atoms with Gasteiger partial charge in [-0.05, 0) is 37.4 Å². The van der Waals surface area contributed by atoms with Crippen molar-refractivity contribution in [3.63, 3.8) is 0 Å². The normalized spacial score (nSPS) is 12.3. The molecule has 0 bridgehead atoms. The first-order valence-electron chi connectivity index (χ1n) is 6.90. The molecule has 1 aromatic carbocycles. The third-order valence-electron chi connectivity index (χ3n) is 3.31. The molecule has 2 aromatic rings. The lowest BCUT2D eigenvalue weighted by atomic mass is 10.0. The lowest BCUT2D eigenvalue weighted by Crippen LogP contribution is -2.06. The van der Waals surface area contributed by atoms with Crippen LogP contribution < -0.4 is 10.5 Å². The fourth-order valence-electron chi connectivity index (χ4n) is 2.03. The van der Waals surface area contributed by atoms with Crippen LogP contribution in [0.3, 0.4) is 0 Å². The Morgan fingerprint density at radius 1 is 1.35 bits per heavy atom. The third kappa shape index (κ3) is 3.81. The minimum Gasteiger partial charge on any atom is -0.497 e. The number of rotatable bonds is 7. The highest BCUT2D eigenvalue weighted by atomic mass is 16.5. The zero-order valence-electron chi connectivity index (χ0n) is 12.0. The zero-order valence-corrected chi connectivity index (χ0v) is 12.0. The quantitative estimate of drug-likeness (QED) is 0.840. The van der Waals surface area contributed by atoms with Gasteiger partial charge in [0.2, 0.25) is 11.7 Å². The topological polar surface area (TPSA) is 74.2 Å². The van der Waals surface area contributed by atoms with Gasteiger partial charge in [0, 0.05) is 12.0 Å². The molecule has 0 aliphatic carbocycles. The molecule has 1 aromatic heterocycles. The Morgan fingerprint density at radius 3 is 2.95 bits per heavy atom. The first-order valence-corrected chi connectivity index (χ1v) is 6.90. The molecular formula is C15H21N3O2. The van der Waals surface area contributed by atoms with Crippen molar-refractivity contribution in [3.8, 4) is 17.1 Å². The molecule has 0 aliphatic rings. The molecule has 1 heterocycles. The van der Waals surface area contributed by atoms with Crippen LogP contribution in [0.2, 0.25) is 0 Å². The molecule has 5 heteroatoms. The van der Waals surface area contributed by atoms with E-state index in [4.69, 9.17) is 15.0 Å². The van der Waals surface area contributed by atoms with Crippen LogP contribution in [0.1, 0.15) is 25.7 Å². The van der Waals surface area contributed by atoms with Gasteiger partial charge < -0.3 is 15.0 Å². The smallest absolute Gasteiger partial charge is 0.226 e. The standard InChI is InChI=1S/C15H21N3O2/c1-11(8-9-16)6-7-14-17-15(18-20-14)12-4-3-5-13(10-12)19-2/h3-5,10-11H,6-9,16H2,1-2H3. The van der Waals surface area contributed by atoms with Crippen LogP contribution in [0, 0.1) is 5.92 Å². The third-order valence-corrected chi connectivity index (χ3v) is 3.31. The van der Waals surface area contributed by atoms with Gasteiger partial charge in [0.05, 0.1) is 7.11 Å². The van der Waals surface area contributed by atoms with E-state index < -0.39 is 0 Å². The molecule has 2 N–H and O–H groups in total. The molecule has 0 aliphatic heterocycles. The van der Waals surface area contributed by atoms with Crippen molar-refractivity contribution in [2.24, 2.45) is 11.7 Å². The number of ether oxygens (including phenoxy) is 1. The summed E-state index contributed by atoms with van der Waals surface area (Å²) in [6, 6.07) is 7.63. The van der Waals surface area contributed by atoms with E-state index in [0.29, 0.717) is 17.6 Å². The lowest BCUT2D eigenvalue weighted by molar-refractivity contribution is 0.362. The van der Waals surface area contributed by atoms with Gasteiger partial charge in [0.25, 0.3) is 0 Å². The predicted molar refractivity (Wildman–Crippen MR) is 77.4 cm³/mol. The van der Waals surface area contributed by atoms with Gasteiger partial charge >= 0.3 is 0 Å². The summed E-state index contributed by atoms with van der Waals surface area (Å²) in [6.07, 6.45) is 2.83. The van der Waals surface area contributed by atoms with E-state index in [9.17, 15) is 0 Å². The molecule has 2 rings (SSSR count). The van der Waals surface area contributed by atoms with Crippen molar-refractivity contribution in [1.29, 1.82) is 0 Å². The maximum atomic E-state index is 5.54.